The summed E-state index contributed by atoms with van der Waals surface area (Å²) in [5, 5.41) is 12.1. The summed E-state index contributed by atoms with van der Waals surface area (Å²) in [5.41, 5.74) is 1.21. The Kier molecular flexibility index (Phi) is 4.80. The lowest BCUT2D eigenvalue weighted by Gasteiger charge is -2.12. The second-order valence-corrected chi connectivity index (χ2v) is 5.22. The minimum atomic E-state index is -0.536. The van der Waals surface area contributed by atoms with E-state index in [-0.39, 0.29) is 6.54 Å². The molecule has 21 heavy (non-hydrogen) atoms. The predicted octanol–water partition coefficient (Wildman–Crippen LogP) is 0.698. The van der Waals surface area contributed by atoms with Crippen LogP contribution in [0.5, 0.6) is 0 Å². The molecule has 0 aliphatic carbocycles. The van der Waals surface area contributed by atoms with Crippen LogP contribution in [0.3, 0.4) is 0 Å². The maximum absolute atomic E-state index is 12.1. The number of pyridine rings is 1. The molecule has 1 N–H and O–H groups in total. The average molecular weight is 310 g/mol. The molecule has 0 saturated heterocycles. The molecule has 0 bridgehead atoms. The highest BCUT2D eigenvalue weighted by Crippen LogP contribution is 2.11. The summed E-state index contributed by atoms with van der Waals surface area (Å²) >= 11 is 5.71. The van der Waals surface area contributed by atoms with Crippen molar-refractivity contribution in [1.82, 2.24) is 9.55 Å². The van der Waals surface area contributed by atoms with Gasteiger partial charge in [0.2, 0.25) is 5.69 Å². The topological polar surface area (TPSA) is 81.8 Å². The quantitative estimate of drug-likeness (QED) is 0.501. The molecule has 2 rings (SSSR count). The van der Waals surface area contributed by atoms with Gasteiger partial charge in [-0.05, 0) is 25.8 Å². The summed E-state index contributed by atoms with van der Waals surface area (Å²) in [5.74, 6) is 0.505. The van der Waals surface area contributed by atoms with Crippen LogP contribution in [0, 0.1) is 12.1 Å². The molecular weight excluding hydrogens is 294 g/mol. The van der Waals surface area contributed by atoms with Crippen molar-refractivity contribution < 1.29 is 4.73 Å². The summed E-state index contributed by atoms with van der Waals surface area (Å²) in [6, 6.07) is 3.18. The van der Waals surface area contributed by atoms with Crippen LogP contribution in [0.1, 0.15) is 23.2 Å². The largest absolute Gasteiger partial charge is 0.618 e. The third kappa shape index (κ3) is 3.72. The van der Waals surface area contributed by atoms with Crippen LogP contribution in [-0.4, -0.2) is 15.4 Å². The van der Waals surface area contributed by atoms with Crippen molar-refractivity contribution in [2.24, 2.45) is 0 Å². The van der Waals surface area contributed by atoms with E-state index in [4.69, 9.17) is 11.6 Å². The molecular formula is C14H16ClN3O3. The van der Waals surface area contributed by atoms with Gasteiger partial charge in [-0.2, -0.15) is 4.73 Å². The highest BCUT2D eigenvalue weighted by Gasteiger charge is 2.15. The van der Waals surface area contributed by atoms with Gasteiger partial charge in [0.25, 0.3) is 5.56 Å². The zero-order chi connectivity index (χ0) is 15.4. The first-order valence-electron chi connectivity index (χ1n) is 6.58. The maximum atomic E-state index is 12.1. The number of alkyl halides is 1. The van der Waals surface area contributed by atoms with Crippen molar-refractivity contribution in [1.29, 1.82) is 0 Å². The van der Waals surface area contributed by atoms with Gasteiger partial charge in [-0.15, -0.1) is 11.6 Å². The fourth-order valence-electron chi connectivity index (χ4n) is 2.17. The van der Waals surface area contributed by atoms with Crippen molar-refractivity contribution in [3.05, 3.63) is 67.4 Å². The smallest absolute Gasteiger partial charge is 0.328 e. The normalized spacial score (nSPS) is 10.8. The van der Waals surface area contributed by atoms with Crippen LogP contribution in [0.25, 0.3) is 0 Å². The third-order valence-corrected chi connectivity index (χ3v) is 3.42. The molecule has 2 aromatic rings. The molecule has 0 radical (unpaired) electrons. The summed E-state index contributed by atoms with van der Waals surface area (Å²) in [6.07, 6.45) is 4.27. The number of rotatable bonds is 5. The van der Waals surface area contributed by atoms with Gasteiger partial charge in [0.1, 0.15) is 6.54 Å². The van der Waals surface area contributed by atoms with Crippen LogP contribution in [0.15, 0.2) is 34.1 Å². The van der Waals surface area contributed by atoms with Gasteiger partial charge >= 0.3 is 5.69 Å². The lowest BCUT2D eigenvalue weighted by Crippen LogP contribution is -2.38. The molecule has 0 atom stereocenters. The van der Waals surface area contributed by atoms with Crippen LogP contribution < -0.4 is 16.0 Å². The van der Waals surface area contributed by atoms with E-state index in [0.29, 0.717) is 18.0 Å². The summed E-state index contributed by atoms with van der Waals surface area (Å²) in [7, 11) is 0. The molecule has 0 aliphatic rings. The molecule has 112 valence electrons. The van der Waals surface area contributed by atoms with Crippen molar-refractivity contribution in [3.8, 4) is 0 Å². The number of aromatic nitrogens is 3. The SMILES string of the molecule is Cc1cc(CCCCl)c(Cn2ccc(=O)[nH]c2=O)[n+]([O-])c1. The number of hydrogen-bond donors (Lipinski definition) is 1. The highest BCUT2D eigenvalue weighted by atomic mass is 35.5. The Morgan fingerprint density at radius 3 is 2.86 bits per heavy atom. The Morgan fingerprint density at radius 2 is 2.19 bits per heavy atom. The molecule has 0 spiro atoms. The fourth-order valence-corrected chi connectivity index (χ4v) is 2.31. The van der Waals surface area contributed by atoms with E-state index in [1.54, 1.807) is 0 Å². The number of halogens is 1. The van der Waals surface area contributed by atoms with E-state index in [0.717, 1.165) is 22.3 Å². The van der Waals surface area contributed by atoms with E-state index in [1.165, 1.54) is 23.0 Å². The highest BCUT2D eigenvalue weighted by molar-refractivity contribution is 6.17. The Labute approximate surface area is 126 Å². The van der Waals surface area contributed by atoms with Crippen LogP contribution in [0.4, 0.5) is 0 Å². The number of hydrogen-bond acceptors (Lipinski definition) is 3. The fraction of sp³-hybridized carbons (Fsp3) is 0.357. The lowest BCUT2D eigenvalue weighted by molar-refractivity contribution is -0.615. The number of aryl methyl sites for hydroxylation is 2. The van der Waals surface area contributed by atoms with Crippen LogP contribution in [0.2, 0.25) is 0 Å². The first-order chi connectivity index (χ1) is 10.0. The lowest BCUT2D eigenvalue weighted by atomic mass is 10.1. The Balaban J connectivity index is 2.42. The van der Waals surface area contributed by atoms with E-state index < -0.39 is 11.2 Å². The van der Waals surface area contributed by atoms with E-state index >= 15 is 0 Å². The van der Waals surface area contributed by atoms with Crippen molar-refractivity contribution in [2.45, 2.75) is 26.3 Å². The summed E-state index contributed by atoms with van der Waals surface area (Å²) < 4.78 is 2.07. The van der Waals surface area contributed by atoms with Gasteiger partial charge in [0.15, 0.2) is 6.20 Å². The third-order valence-electron chi connectivity index (χ3n) is 3.16. The zero-order valence-corrected chi connectivity index (χ0v) is 12.4. The first-order valence-corrected chi connectivity index (χ1v) is 7.12. The van der Waals surface area contributed by atoms with Crippen LogP contribution in [-0.2, 0) is 13.0 Å². The van der Waals surface area contributed by atoms with Gasteiger partial charge in [0, 0.05) is 29.3 Å². The van der Waals surface area contributed by atoms with Gasteiger partial charge in [-0.3, -0.25) is 14.3 Å². The van der Waals surface area contributed by atoms with Crippen molar-refractivity contribution in [2.75, 3.05) is 5.88 Å². The number of H-pyrrole nitrogens is 1. The minimum absolute atomic E-state index is 0.108. The van der Waals surface area contributed by atoms with Crippen LogP contribution >= 0.6 is 11.6 Å². The van der Waals surface area contributed by atoms with E-state index in [1.807, 2.05) is 13.0 Å². The maximum Gasteiger partial charge on any atom is 0.328 e. The second kappa shape index (κ2) is 6.58. The molecule has 7 heteroatoms. The first kappa shape index (κ1) is 15.3. The molecule has 2 heterocycles. The molecule has 0 saturated carbocycles. The molecule has 6 nitrogen and oxygen atoms in total. The van der Waals surface area contributed by atoms with Crippen molar-refractivity contribution >= 4 is 11.6 Å². The molecule has 0 fully saturated rings. The predicted molar refractivity (Wildman–Crippen MR) is 79.6 cm³/mol. The number of nitrogens with one attached hydrogen (secondary N) is 1. The second-order valence-electron chi connectivity index (χ2n) is 4.85. The Hall–Kier alpha value is -2.08. The van der Waals surface area contributed by atoms with E-state index in [2.05, 4.69) is 4.98 Å². The minimum Gasteiger partial charge on any atom is -0.618 e. The molecule has 0 amide bonds. The van der Waals surface area contributed by atoms with Gasteiger partial charge < -0.3 is 5.21 Å². The molecule has 2 aromatic heterocycles. The molecule has 0 aromatic carbocycles. The Bertz CT molecular complexity index is 752. The Morgan fingerprint density at radius 1 is 1.43 bits per heavy atom. The zero-order valence-electron chi connectivity index (χ0n) is 11.6. The standard InChI is InChI=1S/C14H16ClN3O3/c1-10-7-11(3-2-5-15)12(18(21)8-10)9-17-6-4-13(19)16-14(17)20/h4,6-8H,2-3,5,9H2,1H3,(H,16,19,20). The van der Waals surface area contributed by atoms with Gasteiger partial charge in [-0.25, -0.2) is 4.79 Å². The molecule has 0 aliphatic heterocycles. The van der Waals surface area contributed by atoms with Gasteiger partial charge in [0.05, 0.1) is 0 Å². The number of nitrogens with zero attached hydrogens (tertiary/aromatic N) is 2. The average Bonchev–Trinajstić information content (AvgIpc) is 2.42. The summed E-state index contributed by atoms with van der Waals surface area (Å²) in [4.78, 5) is 25.0. The molecule has 0 unspecified atom stereocenters. The van der Waals surface area contributed by atoms with Gasteiger partial charge in [-0.1, -0.05) is 0 Å². The van der Waals surface area contributed by atoms with Crippen molar-refractivity contribution in [3.63, 3.8) is 0 Å². The van der Waals surface area contributed by atoms with E-state index in [9.17, 15) is 14.8 Å². The number of aromatic amines is 1. The summed E-state index contributed by atoms with van der Waals surface area (Å²) in [6.45, 7) is 1.95. The monoisotopic (exact) mass is 309 g/mol.